The maximum Gasteiger partial charge on any atom is 0.123 e. The van der Waals surface area contributed by atoms with Crippen molar-refractivity contribution < 1.29 is 8.78 Å². The summed E-state index contributed by atoms with van der Waals surface area (Å²) in [6, 6.07) is 12.9. The van der Waals surface area contributed by atoms with Gasteiger partial charge in [-0.25, -0.2) is 8.78 Å². The van der Waals surface area contributed by atoms with Gasteiger partial charge in [0.05, 0.1) is 0 Å². The summed E-state index contributed by atoms with van der Waals surface area (Å²) < 4.78 is 26.3. The van der Waals surface area contributed by atoms with Gasteiger partial charge < -0.3 is 5.32 Å². The summed E-state index contributed by atoms with van der Waals surface area (Å²) in [7, 11) is 0. The summed E-state index contributed by atoms with van der Waals surface area (Å²) in [6.45, 7) is 1.97. The van der Waals surface area contributed by atoms with Gasteiger partial charge in [-0.15, -0.1) is 0 Å². The Kier molecular flexibility index (Phi) is 4.11. The van der Waals surface area contributed by atoms with E-state index in [-0.39, 0.29) is 11.6 Å². The molecule has 0 aromatic heterocycles. The largest absolute Gasteiger partial charge is 0.316 e. The lowest BCUT2D eigenvalue weighted by molar-refractivity contribution is 0.627. The molecular formula is C18H17F2N. The minimum atomic E-state index is -0.250. The van der Waals surface area contributed by atoms with Gasteiger partial charge >= 0.3 is 0 Å². The average Bonchev–Trinajstić information content (AvgIpc) is 3.00. The maximum absolute atomic E-state index is 13.1. The Morgan fingerprint density at radius 1 is 0.905 bits per heavy atom. The maximum atomic E-state index is 13.1. The lowest BCUT2D eigenvalue weighted by atomic mass is 9.93. The zero-order valence-electron chi connectivity index (χ0n) is 11.7. The molecular weight excluding hydrogens is 268 g/mol. The van der Waals surface area contributed by atoms with Crippen molar-refractivity contribution in [3.05, 3.63) is 77.4 Å². The lowest BCUT2D eigenvalue weighted by Gasteiger charge is -2.12. The van der Waals surface area contributed by atoms with E-state index in [0.29, 0.717) is 5.92 Å². The van der Waals surface area contributed by atoms with E-state index < -0.39 is 0 Å². The van der Waals surface area contributed by atoms with Crippen LogP contribution < -0.4 is 5.32 Å². The number of hydrogen-bond donors (Lipinski definition) is 1. The summed E-state index contributed by atoms with van der Waals surface area (Å²) in [4.78, 5) is 0. The highest BCUT2D eigenvalue weighted by molar-refractivity contribution is 5.79. The number of benzene rings is 2. The Labute approximate surface area is 123 Å². The molecule has 1 aliphatic rings. The number of rotatable bonds is 3. The Hall–Kier alpha value is -2.00. The molecule has 0 amide bonds. The van der Waals surface area contributed by atoms with Crippen LogP contribution in [0, 0.1) is 17.6 Å². The van der Waals surface area contributed by atoms with Gasteiger partial charge in [-0.1, -0.05) is 30.3 Å². The van der Waals surface area contributed by atoms with Gasteiger partial charge in [0.15, 0.2) is 0 Å². The van der Waals surface area contributed by atoms with Crippen molar-refractivity contribution in [2.75, 3.05) is 13.1 Å². The van der Waals surface area contributed by atoms with E-state index in [4.69, 9.17) is 0 Å². The highest BCUT2D eigenvalue weighted by Crippen LogP contribution is 2.27. The van der Waals surface area contributed by atoms with E-state index in [0.717, 1.165) is 36.2 Å². The van der Waals surface area contributed by atoms with Crippen LogP contribution in [-0.2, 0) is 0 Å². The molecule has 1 atom stereocenters. The molecule has 1 unspecified atom stereocenters. The van der Waals surface area contributed by atoms with Crippen molar-refractivity contribution in [3.63, 3.8) is 0 Å². The standard InChI is InChI=1S/C18H17F2N/c19-16-5-1-14(2-6-16)18(11-13-9-10-21-12-13)15-3-7-17(20)8-4-15/h1-8,11,13,21H,9-10,12H2. The summed E-state index contributed by atoms with van der Waals surface area (Å²) >= 11 is 0. The second-order valence-corrected chi connectivity index (χ2v) is 5.35. The zero-order valence-corrected chi connectivity index (χ0v) is 11.7. The fourth-order valence-electron chi connectivity index (χ4n) is 2.67. The molecule has 1 nitrogen and oxygen atoms in total. The third-order valence-electron chi connectivity index (χ3n) is 3.81. The van der Waals surface area contributed by atoms with Crippen LogP contribution in [0.1, 0.15) is 17.5 Å². The van der Waals surface area contributed by atoms with Crippen molar-refractivity contribution in [3.8, 4) is 0 Å². The molecule has 3 rings (SSSR count). The lowest BCUT2D eigenvalue weighted by Crippen LogP contribution is -2.08. The van der Waals surface area contributed by atoms with E-state index in [1.807, 2.05) is 0 Å². The van der Waals surface area contributed by atoms with Crippen molar-refractivity contribution in [2.45, 2.75) is 6.42 Å². The van der Waals surface area contributed by atoms with Gasteiger partial charge in [0, 0.05) is 6.54 Å². The number of hydrogen-bond acceptors (Lipinski definition) is 1. The first-order valence-electron chi connectivity index (χ1n) is 7.17. The predicted octanol–water partition coefficient (Wildman–Crippen LogP) is 4.01. The first-order chi connectivity index (χ1) is 10.2. The third kappa shape index (κ3) is 3.37. The van der Waals surface area contributed by atoms with E-state index in [2.05, 4.69) is 11.4 Å². The van der Waals surface area contributed by atoms with Crippen LogP contribution >= 0.6 is 0 Å². The van der Waals surface area contributed by atoms with Crippen LogP contribution in [0.15, 0.2) is 54.6 Å². The van der Waals surface area contributed by atoms with Crippen molar-refractivity contribution in [1.82, 2.24) is 5.32 Å². The molecule has 1 N–H and O–H groups in total. The number of nitrogens with one attached hydrogen (secondary N) is 1. The van der Waals surface area contributed by atoms with Gasteiger partial charge in [0.25, 0.3) is 0 Å². The molecule has 1 aliphatic heterocycles. The van der Waals surface area contributed by atoms with Crippen molar-refractivity contribution >= 4 is 5.57 Å². The molecule has 0 spiro atoms. The summed E-state index contributed by atoms with van der Waals surface area (Å²) in [5.74, 6) is -0.0467. The Balaban J connectivity index is 2.01. The van der Waals surface area contributed by atoms with Crippen LogP contribution in [0.4, 0.5) is 8.78 Å². The summed E-state index contributed by atoms with van der Waals surface area (Å²) in [6.07, 6.45) is 3.30. The Morgan fingerprint density at radius 3 is 1.86 bits per heavy atom. The fraction of sp³-hybridized carbons (Fsp3) is 0.222. The Morgan fingerprint density at radius 2 is 1.43 bits per heavy atom. The first kappa shape index (κ1) is 14.0. The van der Waals surface area contributed by atoms with E-state index in [9.17, 15) is 8.78 Å². The first-order valence-corrected chi connectivity index (χ1v) is 7.17. The van der Waals surface area contributed by atoms with Gasteiger partial charge in [0.2, 0.25) is 0 Å². The second-order valence-electron chi connectivity index (χ2n) is 5.35. The predicted molar refractivity (Wildman–Crippen MR) is 80.9 cm³/mol. The molecule has 2 aromatic rings. The highest BCUT2D eigenvalue weighted by Gasteiger charge is 2.14. The van der Waals surface area contributed by atoms with Gasteiger partial charge in [0.1, 0.15) is 11.6 Å². The van der Waals surface area contributed by atoms with E-state index in [1.54, 1.807) is 24.3 Å². The normalized spacial score (nSPS) is 17.7. The van der Waals surface area contributed by atoms with Crippen LogP contribution in [0.2, 0.25) is 0 Å². The molecule has 0 bridgehead atoms. The van der Waals surface area contributed by atoms with Crippen LogP contribution in [-0.4, -0.2) is 13.1 Å². The highest BCUT2D eigenvalue weighted by atomic mass is 19.1. The molecule has 3 heteroatoms. The molecule has 108 valence electrons. The molecule has 21 heavy (non-hydrogen) atoms. The zero-order chi connectivity index (χ0) is 14.7. The smallest absolute Gasteiger partial charge is 0.123 e. The monoisotopic (exact) mass is 285 g/mol. The quantitative estimate of drug-likeness (QED) is 0.898. The minimum Gasteiger partial charge on any atom is -0.316 e. The van der Waals surface area contributed by atoms with Crippen molar-refractivity contribution in [1.29, 1.82) is 0 Å². The summed E-state index contributed by atoms with van der Waals surface area (Å²) in [5.41, 5.74) is 2.94. The molecule has 0 saturated carbocycles. The summed E-state index contributed by atoms with van der Waals surface area (Å²) in [5, 5.41) is 3.33. The average molecular weight is 285 g/mol. The molecule has 2 aromatic carbocycles. The molecule has 1 saturated heterocycles. The van der Waals surface area contributed by atoms with Crippen LogP contribution in [0.25, 0.3) is 5.57 Å². The van der Waals surface area contributed by atoms with E-state index in [1.165, 1.54) is 24.3 Å². The van der Waals surface area contributed by atoms with E-state index >= 15 is 0 Å². The second kappa shape index (κ2) is 6.19. The SMILES string of the molecule is Fc1ccc(C(=CC2CCNC2)c2ccc(F)cc2)cc1. The molecule has 0 aliphatic carbocycles. The van der Waals surface area contributed by atoms with Crippen LogP contribution in [0.5, 0.6) is 0 Å². The molecule has 1 heterocycles. The number of halogens is 2. The van der Waals surface area contributed by atoms with Crippen LogP contribution in [0.3, 0.4) is 0 Å². The minimum absolute atomic E-state index is 0.250. The Bertz CT molecular complexity index is 576. The van der Waals surface area contributed by atoms with Gasteiger partial charge in [-0.3, -0.25) is 0 Å². The third-order valence-corrected chi connectivity index (χ3v) is 3.81. The van der Waals surface area contributed by atoms with Crippen molar-refractivity contribution in [2.24, 2.45) is 5.92 Å². The fourth-order valence-corrected chi connectivity index (χ4v) is 2.67. The molecule has 0 radical (unpaired) electrons. The van der Waals surface area contributed by atoms with Gasteiger partial charge in [-0.05, 0) is 59.8 Å². The molecule has 1 fully saturated rings. The van der Waals surface area contributed by atoms with Gasteiger partial charge in [-0.2, -0.15) is 0 Å². The topological polar surface area (TPSA) is 12.0 Å².